The molecule has 6 nitrogen and oxygen atoms in total. The van der Waals surface area contributed by atoms with Crippen LogP contribution in [-0.4, -0.2) is 50.1 Å². The van der Waals surface area contributed by atoms with Crippen molar-refractivity contribution in [2.45, 2.75) is 6.92 Å². The quantitative estimate of drug-likeness (QED) is 0.255. The number of nitrogens with zero attached hydrogens (tertiary/aromatic N) is 1. The Morgan fingerprint density at radius 2 is 2.10 bits per heavy atom. The van der Waals surface area contributed by atoms with Crippen molar-refractivity contribution in [3.63, 3.8) is 0 Å². The minimum atomic E-state index is -0.207. The van der Waals surface area contributed by atoms with Crippen molar-refractivity contribution in [3.8, 4) is 0 Å². The van der Waals surface area contributed by atoms with Crippen LogP contribution in [0.25, 0.3) is 0 Å². The van der Waals surface area contributed by atoms with Gasteiger partial charge in [-0.3, -0.25) is 9.79 Å². The molecule has 0 spiro atoms. The van der Waals surface area contributed by atoms with Crippen LogP contribution in [0.3, 0.4) is 0 Å². The van der Waals surface area contributed by atoms with Crippen LogP contribution in [0.5, 0.6) is 0 Å². The van der Waals surface area contributed by atoms with E-state index in [4.69, 9.17) is 4.42 Å². The van der Waals surface area contributed by atoms with Gasteiger partial charge in [-0.1, -0.05) is 0 Å². The Hall–Kier alpha value is -0.900. The van der Waals surface area contributed by atoms with E-state index in [2.05, 4.69) is 27.2 Å². The van der Waals surface area contributed by atoms with E-state index < -0.39 is 0 Å². The number of carbonyl (C=O) groups is 1. The lowest BCUT2D eigenvalue weighted by molar-refractivity contribution is 0.0926. The van der Waals surface area contributed by atoms with Gasteiger partial charge in [0.1, 0.15) is 0 Å². The number of thioether (sulfide) groups is 1. The highest BCUT2D eigenvalue weighted by atomic mass is 127. The first-order valence-corrected chi connectivity index (χ1v) is 8.00. The van der Waals surface area contributed by atoms with Crippen LogP contribution in [0.2, 0.25) is 0 Å². The van der Waals surface area contributed by atoms with E-state index in [1.54, 1.807) is 23.9 Å². The second kappa shape index (κ2) is 12.8. The van der Waals surface area contributed by atoms with Gasteiger partial charge in [-0.25, -0.2) is 0 Å². The van der Waals surface area contributed by atoms with Crippen molar-refractivity contribution in [2.75, 3.05) is 38.2 Å². The Morgan fingerprint density at radius 3 is 2.71 bits per heavy atom. The summed E-state index contributed by atoms with van der Waals surface area (Å²) in [5.74, 6) is 1.88. The Balaban J connectivity index is 0.00000400. The molecule has 0 unspecified atom stereocenters. The van der Waals surface area contributed by atoms with Gasteiger partial charge in [-0.05, 0) is 25.3 Å². The number of hydrogen-bond donors (Lipinski definition) is 3. The van der Waals surface area contributed by atoms with Gasteiger partial charge in [-0.2, -0.15) is 11.8 Å². The third-order valence-electron chi connectivity index (χ3n) is 2.36. The molecule has 1 amide bonds. The molecule has 0 radical (unpaired) electrons. The van der Waals surface area contributed by atoms with Crippen molar-refractivity contribution in [2.24, 2.45) is 4.99 Å². The molecule has 0 aliphatic heterocycles. The highest BCUT2D eigenvalue weighted by molar-refractivity contribution is 14.0. The van der Waals surface area contributed by atoms with E-state index in [1.165, 1.54) is 6.26 Å². The van der Waals surface area contributed by atoms with Crippen molar-refractivity contribution < 1.29 is 9.21 Å². The topological polar surface area (TPSA) is 78.7 Å². The van der Waals surface area contributed by atoms with Crippen molar-refractivity contribution >= 4 is 47.6 Å². The lowest BCUT2D eigenvalue weighted by atomic mass is 10.4. The number of guanidine groups is 1. The zero-order chi connectivity index (χ0) is 14.6. The number of carbonyl (C=O) groups excluding carboxylic acids is 1. The van der Waals surface area contributed by atoms with Gasteiger partial charge in [0.2, 0.25) is 0 Å². The molecule has 0 aliphatic carbocycles. The lowest BCUT2D eigenvalue weighted by Gasteiger charge is -2.11. The monoisotopic (exact) mass is 426 g/mol. The van der Waals surface area contributed by atoms with Crippen molar-refractivity contribution in [3.05, 3.63) is 24.2 Å². The van der Waals surface area contributed by atoms with Crippen LogP contribution < -0.4 is 16.0 Å². The lowest BCUT2D eigenvalue weighted by Crippen LogP contribution is -2.41. The third kappa shape index (κ3) is 8.86. The fourth-order valence-electron chi connectivity index (χ4n) is 1.44. The normalized spacial score (nSPS) is 10.7. The van der Waals surface area contributed by atoms with Gasteiger partial charge in [-0.15, -0.1) is 24.0 Å². The number of furan rings is 1. The molecule has 0 aromatic carbocycles. The van der Waals surface area contributed by atoms with Gasteiger partial charge < -0.3 is 20.4 Å². The summed E-state index contributed by atoms with van der Waals surface area (Å²) in [7, 11) is 0. The number of halogens is 1. The SMILES string of the molecule is CCNC(=NCCSC)NCCNC(=O)c1ccco1.I. The van der Waals surface area contributed by atoms with Crippen LogP contribution in [0.15, 0.2) is 27.8 Å². The molecule has 0 saturated carbocycles. The van der Waals surface area contributed by atoms with Gasteiger partial charge in [0.15, 0.2) is 11.7 Å². The fourth-order valence-corrected chi connectivity index (χ4v) is 1.72. The molecule has 0 atom stereocenters. The molecule has 0 fully saturated rings. The predicted octanol–water partition coefficient (Wildman–Crippen LogP) is 1.55. The van der Waals surface area contributed by atoms with Gasteiger partial charge in [0.25, 0.3) is 5.91 Å². The smallest absolute Gasteiger partial charge is 0.287 e. The van der Waals surface area contributed by atoms with E-state index in [0.29, 0.717) is 18.8 Å². The minimum Gasteiger partial charge on any atom is -0.459 e. The number of rotatable bonds is 8. The molecule has 0 aliphatic rings. The second-order valence-electron chi connectivity index (χ2n) is 3.91. The summed E-state index contributed by atoms with van der Waals surface area (Å²) in [6.45, 7) is 4.72. The van der Waals surface area contributed by atoms with Gasteiger partial charge in [0.05, 0.1) is 12.8 Å². The molecule has 120 valence electrons. The average Bonchev–Trinajstić information content (AvgIpc) is 2.97. The van der Waals surface area contributed by atoms with Crippen molar-refractivity contribution in [1.29, 1.82) is 0 Å². The average molecular weight is 426 g/mol. The van der Waals surface area contributed by atoms with Crippen LogP contribution in [0, 0.1) is 0 Å². The van der Waals surface area contributed by atoms with Crippen LogP contribution >= 0.6 is 35.7 Å². The zero-order valence-corrected chi connectivity index (χ0v) is 15.5. The third-order valence-corrected chi connectivity index (χ3v) is 2.95. The standard InChI is InChI=1S/C13H22N4O2S.HI/c1-3-14-13(17-8-10-20-2)16-7-6-15-12(18)11-5-4-9-19-11;/h4-5,9H,3,6-8,10H2,1-2H3,(H,15,18)(H2,14,16,17);1H. The van der Waals surface area contributed by atoms with Crippen LogP contribution in [0.4, 0.5) is 0 Å². The molecule has 1 aromatic rings. The minimum absolute atomic E-state index is 0. The van der Waals surface area contributed by atoms with Gasteiger partial charge >= 0.3 is 0 Å². The van der Waals surface area contributed by atoms with Crippen molar-refractivity contribution in [1.82, 2.24) is 16.0 Å². The summed E-state index contributed by atoms with van der Waals surface area (Å²) in [5, 5.41) is 9.09. The zero-order valence-electron chi connectivity index (χ0n) is 12.3. The number of nitrogens with one attached hydrogen (secondary N) is 3. The first-order valence-electron chi connectivity index (χ1n) is 6.60. The molecule has 1 heterocycles. The predicted molar refractivity (Wildman–Crippen MR) is 98.8 cm³/mol. The summed E-state index contributed by atoms with van der Waals surface area (Å²) >= 11 is 1.76. The van der Waals surface area contributed by atoms with E-state index in [9.17, 15) is 4.79 Å². The molecular weight excluding hydrogens is 403 g/mol. The molecule has 1 aromatic heterocycles. The van der Waals surface area contributed by atoms with Crippen LogP contribution in [-0.2, 0) is 0 Å². The Labute approximate surface area is 146 Å². The maximum atomic E-state index is 11.6. The second-order valence-corrected chi connectivity index (χ2v) is 4.90. The Kier molecular flexibility index (Phi) is 12.3. The molecule has 21 heavy (non-hydrogen) atoms. The molecule has 8 heteroatoms. The molecular formula is C13H23IN4O2S. The maximum absolute atomic E-state index is 11.6. The highest BCUT2D eigenvalue weighted by Crippen LogP contribution is 1.98. The summed E-state index contributed by atoms with van der Waals surface area (Å²) in [4.78, 5) is 16.0. The summed E-state index contributed by atoms with van der Waals surface area (Å²) in [5.41, 5.74) is 0. The first-order chi connectivity index (χ1) is 9.77. The van der Waals surface area contributed by atoms with E-state index >= 15 is 0 Å². The summed E-state index contributed by atoms with van der Waals surface area (Å²) < 4.78 is 5.01. The van der Waals surface area contributed by atoms with E-state index in [1.807, 2.05) is 6.92 Å². The van der Waals surface area contributed by atoms with Crippen LogP contribution in [0.1, 0.15) is 17.5 Å². The fraction of sp³-hybridized carbons (Fsp3) is 0.538. The van der Waals surface area contributed by atoms with E-state index in [0.717, 1.165) is 24.8 Å². The molecule has 1 rings (SSSR count). The molecule has 0 bridgehead atoms. The van der Waals surface area contributed by atoms with Gasteiger partial charge in [0, 0.05) is 25.4 Å². The Bertz CT molecular complexity index is 412. The number of aliphatic imine (C=N–C) groups is 1. The maximum Gasteiger partial charge on any atom is 0.287 e. The summed E-state index contributed by atoms with van der Waals surface area (Å²) in [6.07, 6.45) is 3.54. The largest absolute Gasteiger partial charge is 0.459 e. The molecule has 0 saturated heterocycles. The Morgan fingerprint density at radius 1 is 1.33 bits per heavy atom. The first kappa shape index (κ1) is 20.1. The van der Waals surface area contributed by atoms with E-state index in [-0.39, 0.29) is 29.9 Å². The molecule has 3 N–H and O–H groups in total. The highest BCUT2D eigenvalue weighted by Gasteiger charge is 2.06. The number of hydrogen-bond acceptors (Lipinski definition) is 4. The number of amides is 1. The summed E-state index contributed by atoms with van der Waals surface area (Å²) in [6, 6.07) is 3.32.